The molecular weight excluding hydrogens is 216 g/mol. The zero-order valence-corrected chi connectivity index (χ0v) is 12.3. The van der Waals surface area contributed by atoms with Crippen LogP contribution in [0, 0.1) is 5.92 Å². The van der Waals surface area contributed by atoms with Gasteiger partial charge >= 0.3 is 0 Å². The number of thiol groups is 1. The van der Waals surface area contributed by atoms with Crippen molar-refractivity contribution >= 4 is 12.6 Å². The van der Waals surface area contributed by atoms with Gasteiger partial charge in [0.15, 0.2) is 0 Å². The van der Waals surface area contributed by atoms with Gasteiger partial charge in [0.25, 0.3) is 0 Å². The Bertz CT molecular complexity index is 191. The zero-order valence-electron chi connectivity index (χ0n) is 11.4. The van der Waals surface area contributed by atoms with Crippen LogP contribution in [0.1, 0.15) is 34.1 Å². The Kier molecular flexibility index (Phi) is 5.62. The van der Waals surface area contributed by atoms with Crippen LogP contribution in [-0.4, -0.2) is 53.8 Å². The van der Waals surface area contributed by atoms with E-state index in [4.69, 9.17) is 0 Å². The molecule has 0 bridgehead atoms. The van der Waals surface area contributed by atoms with Crippen molar-refractivity contribution < 1.29 is 0 Å². The maximum absolute atomic E-state index is 4.58. The highest BCUT2D eigenvalue weighted by Gasteiger charge is 2.19. The van der Waals surface area contributed by atoms with Crippen LogP contribution in [0.5, 0.6) is 0 Å². The van der Waals surface area contributed by atoms with E-state index in [1.54, 1.807) is 0 Å². The molecule has 0 aliphatic carbocycles. The molecule has 0 radical (unpaired) electrons. The first-order valence-corrected chi connectivity index (χ1v) is 6.98. The van der Waals surface area contributed by atoms with E-state index >= 15 is 0 Å². The minimum Gasteiger partial charge on any atom is -0.301 e. The molecule has 2 nitrogen and oxygen atoms in total. The van der Waals surface area contributed by atoms with Gasteiger partial charge in [0, 0.05) is 37.5 Å². The molecule has 0 unspecified atom stereocenters. The largest absolute Gasteiger partial charge is 0.301 e. The van der Waals surface area contributed by atoms with Gasteiger partial charge in [-0.2, -0.15) is 12.6 Å². The summed E-state index contributed by atoms with van der Waals surface area (Å²) in [5.74, 6) is 0.794. The van der Waals surface area contributed by atoms with Crippen LogP contribution in [0.2, 0.25) is 0 Å². The van der Waals surface area contributed by atoms with Crippen molar-refractivity contribution in [3.8, 4) is 0 Å². The molecule has 1 aliphatic rings. The fourth-order valence-corrected chi connectivity index (χ4v) is 2.24. The molecule has 0 aromatic carbocycles. The van der Waals surface area contributed by atoms with Crippen LogP contribution in [0.4, 0.5) is 0 Å². The first-order chi connectivity index (χ1) is 7.37. The van der Waals surface area contributed by atoms with Crippen molar-refractivity contribution in [3.63, 3.8) is 0 Å². The quantitative estimate of drug-likeness (QED) is 0.742. The van der Waals surface area contributed by atoms with Gasteiger partial charge in [-0.1, -0.05) is 27.7 Å². The average Bonchev–Trinajstić information content (AvgIpc) is 2.14. The smallest absolute Gasteiger partial charge is 0.0110 e. The van der Waals surface area contributed by atoms with Crippen LogP contribution in [-0.2, 0) is 0 Å². The van der Waals surface area contributed by atoms with Crippen molar-refractivity contribution in [2.24, 2.45) is 5.92 Å². The maximum atomic E-state index is 4.58. The van der Waals surface area contributed by atoms with E-state index in [-0.39, 0.29) is 4.75 Å². The molecule has 0 saturated carbocycles. The lowest BCUT2D eigenvalue weighted by Crippen LogP contribution is -2.48. The molecule has 0 N–H and O–H groups in total. The minimum absolute atomic E-state index is 0.176. The van der Waals surface area contributed by atoms with Gasteiger partial charge in [-0.25, -0.2) is 0 Å². The molecule has 1 rings (SSSR count). The highest BCUT2D eigenvalue weighted by atomic mass is 32.1. The highest BCUT2D eigenvalue weighted by molar-refractivity contribution is 7.81. The molecule has 3 heteroatoms. The summed E-state index contributed by atoms with van der Waals surface area (Å²) in [7, 11) is 0. The Morgan fingerprint density at radius 1 is 1.06 bits per heavy atom. The Morgan fingerprint density at radius 2 is 1.56 bits per heavy atom. The Labute approximate surface area is 107 Å². The van der Waals surface area contributed by atoms with Gasteiger partial charge in [-0.15, -0.1) is 0 Å². The molecule has 0 amide bonds. The number of nitrogens with zero attached hydrogens (tertiary/aromatic N) is 2. The molecule has 0 spiro atoms. The SMILES string of the molecule is CC(C)CN1CCN(CCC(C)(C)S)CC1. The van der Waals surface area contributed by atoms with Crippen LogP contribution in [0.3, 0.4) is 0 Å². The fourth-order valence-electron chi connectivity index (χ4n) is 2.14. The normalized spacial score (nSPS) is 20.6. The molecule has 0 aromatic heterocycles. The fraction of sp³-hybridized carbons (Fsp3) is 1.00. The third-order valence-corrected chi connectivity index (χ3v) is 3.35. The predicted octanol–water partition coefficient (Wildman–Crippen LogP) is 2.36. The summed E-state index contributed by atoms with van der Waals surface area (Å²) in [5, 5.41) is 0. The summed E-state index contributed by atoms with van der Waals surface area (Å²) in [6.07, 6.45) is 1.18. The average molecular weight is 244 g/mol. The van der Waals surface area contributed by atoms with Gasteiger partial charge in [-0.3, -0.25) is 0 Å². The van der Waals surface area contributed by atoms with E-state index in [1.165, 1.54) is 45.7 Å². The second-order valence-electron chi connectivity index (χ2n) is 6.10. The molecule has 1 saturated heterocycles. The van der Waals surface area contributed by atoms with E-state index in [9.17, 15) is 0 Å². The maximum Gasteiger partial charge on any atom is 0.0110 e. The van der Waals surface area contributed by atoms with Gasteiger partial charge in [0.2, 0.25) is 0 Å². The van der Waals surface area contributed by atoms with Crippen LogP contribution in [0.15, 0.2) is 0 Å². The van der Waals surface area contributed by atoms with Crippen molar-refractivity contribution in [1.29, 1.82) is 0 Å². The topological polar surface area (TPSA) is 6.48 Å². The lowest BCUT2D eigenvalue weighted by atomic mass is 10.1. The summed E-state index contributed by atoms with van der Waals surface area (Å²) in [4.78, 5) is 5.17. The summed E-state index contributed by atoms with van der Waals surface area (Å²) in [5.41, 5.74) is 0. The van der Waals surface area contributed by atoms with Crippen LogP contribution < -0.4 is 0 Å². The van der Waals surface area contributed by atoms with Crippen LogP contribution >= 0.6 is 12.6 Å². The number of hydrogen-bond donors (Lipinski definition) is 1. The summed E-state index contributed by atoms with van der Waals surface area (Å²) in [6.45, 7) is 16.4. The summed E-state index contributed by atoms with van der Waals surface area (Å²) in [6, 6.07) is 0. The van der Waals surface area contributed by atoms with E-state index in [2.05, 4.69) is 50.1 Å². The van der Waals surface area contributed by atoms with Gasteiger partial charge in [0.05, 0.1) is 0 Å². The molecule has 0 aromatic rings. The molecule has 1 fully saturated rings. The van der Waals surface area contributed by atoms with Crippen molar-refractivity contribution in [2.45, 2.75) is 38.9 Å². The number of piperazine rings is 1. The van der Waals surface area contributed by atoms with Gasteiger partial charge < -0.3 is 9.80 Å². The predicted molar refractivity (Wildman–Crippen MR) is 75.4 cm³/mol. The summed E-state index contributed by atoms with van der Waals surface area (Å²) < 4.78 is 0.176. The van der Waals surface area contributed by atoms with Gasteiger partial charge in [-0.05, 0) is 18.9 Å². The molecule has 1 heterocycles. The Morgan fingerprint density at radius 3 is 2.00 bits per heavy atom. The highest BCUT2D eigenvalue weighted by Crippen LogP contribution is 2.17. The third-order valence-electron chi connectivity index (χ3n) is 3.13. The monoisotopic (exact) mass is 244 g/mol. The van der Waals surface area contributed by atoms with E-state index < -0.39 is 0 Å². The molecule has 0 atom stereocenters. The first-order valence-electron chi connectivity index (χ1n) is 6.54. The third kappa shape index (κ3) is 6.12. The van der Waals surface area contributed by atoms with Crippen LogP contribution in [0.25, 0.3) is 0 Å². The van der Waals surface area contributed by atoms with Crippen molar-refractivity contribution in [1.82, 2.24) is 9.80 Å². The Hall–Kier alpha value is 0.270. The first kappa shape index (κ1) is 14.3. The van der Waals surface area contributed by atoms with Gasteiger partial charge in [0.1, 0.15) is 0 Å². The second-order valence-corrected chi connectivity index (χ2v) is 7.31. The number of hydrogen-bond acceptors (Lipinski definition) is 3. The minimum atomic E-state index is 0.176. The molecule has 96 valence electrons. The zero-order chi connectivity index (χ0) is 12.2. The Balaban J connectivity index is 2.17. The van der Waals surface area contributed by atoms with E-state index in [0.29, 0.717) is 0 Å². The molecule has 1 aliphatic heterocycles. The van der Waals surface area contributed by atoms with E-state index in [0.717, 1.165) is 5.92 Å². The summed E-state index contributed by atoms with van der Waals surface area (Å²) >= 11 is 4.58. The second kappa shape index (κ2) is 6.27. The van der Waals surface area contributed by atoms with Crippen molar-refractivity contribution in [3.05, 3.63) is 0 Å². The molecule has 16 heavy (non-hydrogen) atoms. The lowest BCUT2D eigenvalue weighted by Gasteiger charge is -2.36. The standard InChI is InChI=1S/C13H28N2S/c1-12(2)11-15-9-7-14(8-10-15)6-5-13(3,4)16/h12,16H,5-11H2,1-4H3. The van der Waals surface area contributed by atoms with E-state index in [1.807, 2.05) is 0 Å². The number of rotatable bonds is 5. The van der Waals surface area contributed by atoms with Crippen molar-refractivity contribution in [2.75, 3.05) is 39.3 Å². The lowest BCUT2D eigenvalue weighted by molar-refractivity contribution is 0.120. The molecular formula is C13H28N2S.